The first-order valence-electron chi connectivity index (χ1n) is 20.2. The number of carboxylic acid groups (broad SMARTS) is 1. The molecule has 4 aliphatic heterocycles. The third-order valence-electron chi connectivity index (χ3n) is 10.7. The Morgan fingerprint density at radius 3 is 1.69 bits per heavy atom. The van der Waals surface area contributed by atoms with Gasteiger partial charge < -0.3 is 31.1 Å². The molecule has 0 aromatic carbocycles. The van der Waals surface area contributed by atoms with Crippen molar-refractivity contribution in [2.75, 3.05) is 82.7 Å². The van der Waals surface area contributed by atoms with Gasteiger partial charge in [0.15, 0.2) is 0 Å². The summed E-state index contributed by atoms with van der Waals surface area (Å²) in [6.07, 6.45) is 15.8. The van der Waals surface area contributed by atoms with Gasteiger partial charge in [-0.3, -0.25) is 19.4 Å². The van der Waals surface area contributed by atoms with Crippen molar-refractivity contribution in [2.24, 2.45) is 0 Å². The van der Waals surface area contributed by atoms with Crippen molar-refractivity contribution < 1.29 is 19.4 Å². The maximum atomic E-state index is 11.5. The first kappa shape index (κ1) is 39.9. The third kappa shape index (κ3) is 13.9. The number of likely N-dealkylation sites (tertiary alicyclic amines) is 2. The van der Waals surface area contributed by atoms with Crippen molar-refractivity contribution in [1.82, 2.24) is 30.4 Å². The molecule has 2 aromatic rings. The quantitative estimate of drug-likeness (QED) is 0.118. The molecule has 0 saturated carbocycles. The molecule has 0 amide bonds. The standard InChI is InChI=1S/C21H34N4O2.C19H30N4O2/c1-2-27-20(26)16-25-14-10-18(11-15-25)22-12-4-3-7-19-9-8-17-6-5-13-23-21(17)24-19;24-18(25)14-23-12-8-16(9-13-23)20-10-2-1-5-17-7-6-15-4-3-11-21-19(15)22-17/h8-9,18,22H,2-7,10-16H2,1H3,(H,23,24);6-7,16,20H,1-5,8-14H2,(H,21,22)(H,24,25). The van der Waals surface area contributed by atoms with E-state index in [0.717, 1.165) is 128 Å². The summed E-state index contributed by atoms with van der Waals surface area (Å²) in [5, 5.41) is 22.9. The molecule has 4 aliphatic rings. The highest BCUT2D eigenvalue weighted by Crippen LogP contribution is 2.21. The van der Waals surface area contributed by atoms with E-state index < -0.39 is 5.97 Å². The number of nitrogens with one attached hydrogen (secondary N) is 4. The lowest BCUT2D eigenvalue weighted by Crippen LogP contribution is -2.44. The molecule has 2 saturated heterocycles. The number of aryl methyl sites for hydroxylation is 4. The number of anilines is 2. The van der Waals surface area contributed by atoms with Crippen LogP contribution in [0.1, 0.15) is 93.6 Å². The second-order valence-corrected chi connectivity index (χ2v) is 14.8. The smallest absolute Gasteiger partial charge is 0.320 e. The summed E-state index contributed by atoms with van der Waals surface area (Å²) in [6, 6.07) is 9.96. The molecule has 0 unspecified atom stereocenters. The number of carboxylic acids is 1. The van der Waals surface area contributed by atoms with E-state index in [2.05, 4.69) is 50.4 Å². The summed E-state index contributed by atoms with van der Waals surface area (Å²) < 4.78 is 5.03. The van der Waals surface area contributed by atoms with Crippen molar-refractivity contribution >= 4 is 23.6 Å². The molecule has 0 spiro atoms. The highest BCUT2D eigenvalue weighted by atomic mass is 16.5. The van der Waals surface area contributed by atoms with Crippen LogP contribution in [-0.2, 0) is 40.0 Å². The molecule has 12 heteroatoms. The number of pyridine rings is 2. The van der Waals surface area contributed by atoms with Gasteiger partial charge >= 0.3 is 11.9 Å². The van der Waals surface area contributed by atoms with Gasteiger partial charge in [0.05, 0.1) is 19.7 Å². The number of nitrogens with zero attached hydrogens (tertiary/aromatic N) is 4. The van der Waals surface area contributed by atoms with Crippen LogP contribution >= 0.6 is 0 Å². The Morgan fingerprint density at radius 2 is 1.23 bits per heavy atom. The van der Waals surface area contributed by atoms with Crippen LogP contribution in [0.25, 0.3) is 0 Å². The van der Waals surface area contributed by atoms with Gasteiger partial charge in [-0.15, -0.1) is 0 Å². The Morgan fingerprint density at radius 1 is 0.750 bits per heavy atom. The SMILES string of the molecule is CCOC(=O)CN1CCC(NCCCCc2ccc3c(n2)NCCC3)CC1.O=C(O)CN1CCC(NCCCCc2ccc3c(n2)NCCC3)CC1. The summed E-state index contributed by atoms with van der Waals surface area (Å²) in [5.41, 5.74) is 5.11. The van der Waals surface area contributed by atoms with Crippen LogP contribution in [0.2, 0.25) is 0 Å². The number of aliphatic carboxylic acids is 1. The zero-order valence-corrected chi connectivity index (χ0v) is 31.6. The number of carbonyl (C=O) groups is 2. The average Bonchev–Trinajstić information content (AvgIpc) is 3.16. The van der Waals surface area contributed by atoms with Gasteiger partial charge in [-0.1, -0.05) is 12.1 Å². The number of hydrogen-bond donors (Lipinski definition) is 5. The number of carbonyl (C=O) groups excluding carboxylic acids is 1. The Bertz CT molecular complexity index is 1380. The molecule has 288 valence electrons. The normalized spacial score (nSPS) is 18.2. The molecule has 0 aliphatic carbocycles. The number of unbranched alkanes of at least 4 members (excludes halogenated alkanes) is 2. The summed E-state index contributed by atoms with van der Waals surface area (Å²) in [4.78, 5) is 36.0. The van der Waals surface area contributed by atoms with Gasteiger partial charge in [-0.25, -0.2) is 9.97 Å². The fourth-order valence-corrected chi connectivity index (χ4v) is 7.66. The maximum Gasteiger partial charge on any atom is 0.320 e. The lowest BCUT2D eigenvalue weighted by Gasteiger charge is -2.31. The van der Waals surface area contributed by atoms with Crippen LogP contribution in [0, 0.1) is 0 Å². The van der Waals surface area contributed by atoms with E-state index in [-0.39, 0.29) is 12.5 Å². The lowest BCUT2D eigenvalue weighted by molar-refractivity contribution is -0.144. The molecule has 0 radical (unpaired) electrons. The molecule has 6 heterocycles. The highest BCUT2D eigenvalue weighted by Gasteiger charge is 2.21. The fourth-order valence-electron chi connectivity index (χ4n) is 7.66. The largest absolute Gasteiger partial charge is 0.480 e. The van der Waals surface area contributed by atoms with Crippen LogP contribution in [0.5, 0.6) is 0 Å². The van der Waals surface area contributed by atoms with Crippen LogP contribution in [0.15, 0.2) is 24.3 Å². The van der Waals surface area contributed by atoms with E-state index >= 15 is 0 Å². The number of piperidine rings is 2. The zero-order chi connectivity index (χ0) is 36.4. The predicted molar refractivity (Wildman–Crippen MR) is 207 cm³/mol. The van der Waals surface area contributed by atoms with Gasteiger partial charge in [0, 0.05) is 62.7 Å². The Hall–Kier alpha value is -3.32. The first-order valence-corrected chi connectivity index (χ1v) is 20.2. The first-order chi connectivity index (χ1) is 25.4. The molecule has 0 bridgehead atoms. The molecule has 12 nitrogen and oxygen atoms in total. The maximum absolute atomic E-state index is 11.5. The third-order valence-corrected chi connectivity index (χ3v) is 10.7. The molecular formula is C40H64N8O4. The van der Waals surface area contributed by atoms with Crippen LogP contribution in [0.3, 0.4) is 0 Å². The fraction of sp³-hybridized carbons (Fsp3) is 0.700. The monoisotopic (exact) mass is 721 g/mol. The van der Waals surface area contributed by atoms with E-state index in [1.54, 1.807) is 0 Å². The van der Waals surface area contributed by atoms with Crippen molar-refractivity contribution in [3.05, 3.63) is 46.8 Å². The summed E-state index contributed by atoms with van der Waals surface area (Å²) in [6.45, 7) is 10.8. The minimum Gasteiger partial charge on any atom is -0.480 e. The van der Waals surface area contributed by atoms with Crippen molar-refractivity contribution in [3.63, 3.8) is 0 Å². The van der Waals surface area contributed by atoms with Gasteiger partial charge in [0.25, 0.3) is 0 Å². The van der Waals surface area contributed by atoms with Gasteiger partial charge in [-0.2, -0.15) is 0 Å². The number of fused-ring (bicyclic) bond motifs is 2. The van der Waals surface area contributed by atoms with E-state index in [4.69, 9.17) is 19.8 Å². The van der Waals surface area contributed by atoms with Crippen molar-refractivity contribution in [2.45, 2.75) is 109 Å². The minimum atomic E-state index is -0.725. The molecule has 2 fully saturated rings. The van der Waals surface area contributed by atoms with Crippen LogP contribution < -0.4 is 21.3 Å². The topological polar surface area (TPSA) is 144 Å². The minimum absolute atomic E-state index is 0.102. The number of esters is 1. The molecule has 6 rings (SSSR count). The summed E-state index contributed by atoms with van der Waals surface area (Å²) in [5.74, 6) is 1.37. The van der Waals surface area contributed by atoms with Crippen LogP contribution in [-0.4, -0.2) is 121 Å². The molecule has 5 N–H and O–H groups in total. The Kier molecular flexibility index (Phi) is 16.9. The zero-order valence-electron chi connectivity index (χ0n) is 31.6. The Balaban J connectivity index is 0.000000202. The number of aromatic nitrogens is 2. The van der Waals surface area contributed by atoms with Crippen molar-refractivity contribution in [1.29, 1.82) is 0 Å². The lowest BCUT2D eigenvalue weighted by atomic mass is 10.0. The molecular weight excluding hydrogens is 656 g/mol. The number of rotatable bonds is 17. The molecule has 52 heavy (non-hydrogen) atoms. The number of hydrogen-bond acceptors (Lipinski definition) is 11. The Labute approximate surface area is 311 Å². The second kappa shape index (κ2) is 22.0. The predicted octanol–water partition coefficient (Wildman–Crippen LogP) is 4.28. The van der Waals surface area contributed by atoms with E-state index in [0.29, 0.717) is 25.2 Å². The average molecular weight is 721 g/mol. The molecule has 2 aromatic heterocycles. The second-order valence-electron chi connectivity index (χ2n) is 14.8. The van der Waals surface area contributed by atoms with Crippen molar-refractivity contribution in [3.8, 4) is 0 Å². The summed E-state index contributed by atoms with van der Waals surface area (Å²) in [7, 11) is 0. The van der Waals surface area contributed by atoms with E-state index in [1.165, 1.54) is 48.2 Å². The number of ether oxygens (including phenoxy) is 1. The van der Waals surface area contributed by atoms with Gasteiger partial charge in [0.2, 0.25) is 0 Å². The summed E-state index contributed by atoms with van der Waals surface area (Å²) >= 11 is 0. The van der Waals surface area contributed by atoms with Gasteiger partial charge in [-0.05, 0) is 133 Å². The van der Waals surface area contributed by atoms with Crippen LogP contribution in [0.4, 0.5) is 11.6 Å². The highest BCUT2D eigenvalue weighted by molar-refractivity contribution is 5.71. The van der Waals surface area contributed by atoms with E-state index in [9.17, 15) is 9.59 Å². The molecule has 0 atom stereocenters. The van der Waals surface area contributed by atoms with Gasteiger partial charge in [0.1, 0.15) is 11.6 Å². The van der Waals surface area contributed by atoms with E-state index in [1.807, 2.05) is 11.8 Å².